The van der Waals surface area contributed by atoms with E-state index in [0.29, 0.717) is 43.5 Å². The Balaban J connectivity index is 1.50. The number of halogens is 1. The first kappa shape index (κ1) is 20.2. The predicted octanol–water partition coefficient (Wildman–Crippen LogP) is 1.72. The molecule has 28 heavy (non-hydrogen) atoms. The van der Waals surface area contributed by atoms with Crippen LogP contribution in [0.15, 0.2) is 30.3 Å². The molecule has 1 saturated heterocycles. The van der Waals surface area contributed by atoms with Crippen LogP contribution in [0.25, 0.3) is 0 Å². The number of hydrogen-bond donors (Lipinski definition) is 2. The van der Waals surface area contributed by atoms with Crippen LogP contribution in [0.4, 0.5) is 0 Å². The number of nitrogens with one attached hydrogen (secondary N) is 2. The molecule has 0 bridgehead atoms. The highest BCUT2D eigenvalue weighted by Crippen LogP contribution is 2.24. The van der Waals surface area contributed by atoms with E-state index in [2.05, 4.69) is 15.5 Å². The maximum absolute atomic E-state index is 12.2. The Morgan fingerprint density at radius 2 is 2.25 bits per heavy atom. The summed E-state index contributed by atoms with van der Waals surface area (Å²) in [5.41, 5.74) is 1.65. The summed E-state index contributed by atoms with van der Waals surface area (Å²) >= 11 is 6.07. The van der Waals surface area contributed by atoms with E-state index >= 15 is 0 Å². The molecule has 8 nitrogen and oxygen atoms in total. The van der Waals surface area contributed by atoms with Crippen molar-refractivity contribution in [3.63, 3.8) is 0 Å². The van der Waals surface area contributed by atoms with Gasteiger partial charge in [-0.25, -0.2) is 0 Å². The van der Waals surface area contributed by atoms with Crippen LogP contribution in [0, 0.1) is 0 Å². The van der Waals surface area contributed by atoms with Crippen molar-refractivity contribution in [2.45, 2.75) is 19.4 Å². The molecule has 2 amide bonds. The zero-order valence-electron chi connectivity index (χ0n) is 15.6. The molecule has 9 heteroatoms. The normalized spacial score (nSPS) is 16.6. The Kier molecular flexibility index (Phi) is 6.89. The van der Waals surface area contributed by atoms with Crippen LogP contribution < -0.4 is 10.1 Å². The summed E-state index contributed by atoms with van der Waals surface area (Å²) in [5, 5.41) is 10.4. The predicted molar refractivity (Wildman–Crippen MR) is 103 cm³/mol. The molecule has 1 aliphatic heterocycles. The van der Waals surface area contributed by atoms with Gasteiger partial charge in [-0.1, -0.05) is 23.7 Å². The Labute approximate surface area is 168 Å². The average molecular weight is 407 g/mol. The van der Waals surface area contributed by atoms with Crippen LogP contribution in [0.2, 0.25) is 5.02 Å². The van der Waals surface area contributed by atoms with E-state index < -0.39 is 0 Å². The van der Waals surface area contributed by atoms with Crippen molar-refractivity contribution in [1.82, 2.24) is 20.4 Å². The zero-order chi connectivity index (χ0) is 19.9. The van der Waals surface area contributed by atoms with Crippen molar-refractivity contribution in [2.75, 3.05) is 32.8 Å². The lowest BCUT2D eigenvalue weighted by Gasteiger charge is -2.32. The number of aromatic nitrogens is 2. The Hall–Kier alpha value is -2.58. The molecule has 0 spiro atoms. The van der Waals surface area contributed by atoms with Crippen LogP contribution in [-0.2, 0) is 20.7 Å². The molecule has 1 fully saturated rings. The number of rotatable bonds is 7. The molecule has 1 aromatic carbocycles. The number of para-hydroxylation sites is 1. The number of carbonyl (C=O) groups is 2. The third-order valence-corrected chi connectivity index (χ3v) is 4.67. The number of amides is 2. The first-order valence-electron chi connectivity index (χ1n) is 9.08. The largest absolute Gasteiger partial charge is 0.492 e. The van der Waals surface area contributed by atoms with Crippen molar-refractivity contribution in [1.29, 1.82) is 0 Å². The van der Waals surface area contributed by atoms with E-state index in [-0.39, 0.29) is 24.5 Å². The van der Waals surface area contributed by atoms with Gasteiger partial charge in [0.25, 0.3) is 0 Å². The minimum atomic E-state index is -0.301. The summed E-state index contributed by atoms with van der Waals surface area (Å²) in [7, 11) is 0. The Morgan fingerprint density at radius 3 is 3.04 bits per heavy atom. The molecule has 0 radical (unpaired) electrons. The highest BCUT2D eigenvalue weighted by molar-refractivity contribution is 6.32. The van der Waals surface area contributed by atoms with Gasteiger partial charge < -0.3 is 19.7 Å². The fraction of sp³-hybridized carbons (Fsp3) is 0.421. The highest BCUT2D eigenvalue weighted by atomic mass is 35.5. The summed E-state index contributed by atoms with van der Waals surface area (Å²) in [6.45, 7) is 3.16. The lowest BCUT2D eigenvalue weighted by Crippen LogP contribution is -2.46. The minimum absolute atomic E-state index is 0.00669. The molecule has 1 aliphatic rings. The van der Waals surface area contributed by atoms with Gasteiger partial charge in [-0.3, -0.25) is 14.7 Å². The van der Waals surface area contributed by atoms with Crippen LogP contribution in [-0.4, -0.2) is 59.8 Å². The first-order chi connectivity index (χ1) is 13.5. The van der Waals surface area contributed by atoms with Gasteiger partial charge in [0.05, 0.1) is 37.0 Å². The molecule has 150 valence electrons. The van der Waals surface area contributed by atoms with Crippen molar-refractivity contribution in [3.8, 4) is 5.75 Å². The quantitative estimate of drug-likeness (QED) is 0.729. The molecule has 2 N–H and O–H groups in total. The fourth-order valence-corrected chi connectivity index (χ4v) is 3.06. The SMILES string of the molecule is CC(=O)NCC(=O)N1CCOC(c2cc(CCOc3ccccc3Cl)[nH]n2)C1. The topological polar surface area (TPSA) is 96.5 Å². The maximum atomic E-state index is 12.2. The second-order valence-electron chi connectivity index (χ2n) is 6.46. The molecule has 1 aromatic heterocycles. The van der Waals surface area contributed by atoms with Crippen LogP contribution in [0.1, 0.15) is 24.4 Å². The van der Waals surface area contributed by atoms with Gasteiger partial charge in [0.15, 0.2) is 0 Å². The van der Waals surface area contributed by atoms with Gasteiger partial charge in [-0.15, -0.1) is 0 Å². The number of H-pyrrole nitrogens is 1. The van der Waals surface area contributed by atoms with Crippen molar-refractivity contribution in [2.24, 2.45) is 0 Å². The molecule has 0 aliphatic carbocycles. The van der Waals surface area contributed by atoms with Crippen LogP contribution in [0.5, 0.6) is 5.75 Å². The molecule has 1 atom stereocenters. The van der Waals surface area contributed by atoms with E-state index in [4.69, 9.17) is 21.1 Å². The summed E-state index contributed by atoms with van der Waals surface area (Å²) < 4.78 is 11.5. The first-order valence-corrected chi connectivity index (χ1v) is 9.46. The van der Waals surface area contributed by atoms with Crippen LogP contribution >= 0.6 is 11.6 Å². The number of ether oxygens (including phenoxy) is 2. The number of nitrogens with zero attached hydrogens (tertiary/aromatic N) is 2. The summed E-state index contributed by atoms with van der Waals surface area (Å²) in [6, 6.07) is 9.25. The van der Waals surface area contributed by atoms with E-state index in [1.54, 1.807) is 11.0 Å². The van der Waals surface area contributed by atoms with Gasteiger partial charge in [0, 0.05) is 25.6 Å². The zero-order valence-corrected chi connectivity index (χ0v) is 16.4. The van der Waals surface area contributed by atoms with Crippen molar-refractivity contribution >= 4 is 23.4 Å². The molecule has 0 saturated carbocycles. The van der Waals surface area contributed by atoms with Gasteiger partial charge in [-0.05, 0) is 18.2 Å². The molecule has 3 rings (SSSR count). The number of benzene rings is 1. The Bertz CT molecular complexity index is 826. The number of carbonyl (C=O) groups excluding carboxylic acids is 2. The molecule has 1 unspecified atom stereocenters. The molecule has 2 heterocycles. The van der Waals surface area contributed by atoms with Gasteiger partial charge in [0.1, 0.15) is 11.9 Å². The van der Waals surface area contributed by atoms with E-state index in [9.17, 15) is 9.59 Å². The van der Waals surface area contributed by atoms with Crippen molar-refractivity contribution in [3.05, 3.63) is 46.7 Å². The van der Waals surface area contributed by atoms with Crippen LogP contribution in [0.3, 0.4) is 0 Å². The lowest BCUT2D eigenvalue weighted by atomic mass is 10.2. The number of aromatic amines is 1. The molecule has 2 aromatic rings. The van der Waals surface area contributed by atoms with E-state index in [1.807, 2.05) is 24.3 Å². The average Bonchev–Trinajstić information content (AvgIpc) is 3.16. The van der Waals surface area contributed by atoms with Crippen molar-refractivity contribution < 1.29 is 19.1 Å². The lowest BCUT2D eigenvalue weighted by molar-refractivity contribution is -0.139. The standard InChI is InChI=1S/C19H23ClN4O4/c1-13(25)21-11-19(26)24-7-9-28-18(12-24)16-10-14(22-23-16)6-8-27-17-5-3-2-4-15(17)20/h2-5,10,18H,6-9,11-12H2,1H3,(H,21,25)(H,22,23). The number of hydrogen-bond acceptors (Lipinski definition) is 5. The van der Waals surface area contributed by atoms with Gasteiger partial charge in [-0.2, -0.15) is 5.10 Å². The molecular formula is C19H23ClN4O4. The fourth-order valence-electron chi connectivity index (χ4n) is 2.87. The Morgan fingerprint density at radius 1 is 1.43 bits per heavy atom. The van der Waals surface area contributed by atoms with Gasteiger partial charge >= 0.3 is 0 Å². The third kappa shape index (κ3) is 5.46. The highest BCUT2D eigenvalue weighted by Gasteiger charge is 2.27. The minimum Gasteiger partial charge on any atom is -0.492 e. The summed E-state index contributed by atoms with van der Waals surface area (Å²) in [5.74, 6) is 0.286. The van der Waals surface area contributed by atoms with E-state index in [0.717, 1.165) is 11.4 Å². The summed E-state index contributed by atoms with van der Waals surface area (Å²) in [4.78, 5) is 24.8. The number of morpholine rings is 1. The third-order valence-electron chi connectivity index (χ3n) is 4.35. The molecular weight excluding hydrogens is 384 g/mol. The van der Waals surface area contributed by atoms with E-state index in [1.165, 1.54) is 6.92 Å². The second kappa shape index (κ2) is 9.57. The van der Waals surface area contributed by atoms with Gasteiger partial charge in [0.2, 0.25) is 11.8 Å². The summed E-state index contributed by atoms with van der Waals surface area (Å²) in [6.07, 6.45) is 0.334. The maximum Gasteiger partial charge on any atom is 0.242 e. The smallest absolute Gasteiger partial charge is 0.242 e. The second-order valence-corrected chi connectivity index (χ2v) is 6.86. The monoisotopic (exact) mass is 406 g/mol.